The number of carbonyl (C=O) groups is 1. The molecule has 0 unspecified atom stereocenters. The zero-order valence-electron chi connectivity index (χ0n) is 16.8. The van der Waals surface area contributed by atoms with E-state index in [1.807, 2.05) is 49.4 Å². The molecule has 7 nitrogen and oxygen atoms in total. The molecular weight excluding hydrogens is 386 g/mol. The number of nitrogens with zero attached hydrogens (tertiary/aromatic N) is 4. The fourth-order valence-corrected chi connectivity index (χ4v) is 3.77. The number of tetrazole rings is 1. The first-order valence-corrected chi connectivity index (χ1v) is 10.4. The van der Waals surface area contributed by atoms with Gasteiger partial charge in [-0.2, -0.15) is 4.68 Å². The van der Waals surface area contributed by atoms with Gasteiger partial charge in [0.2, 0.25) is 11.1 Å². The molecule has 0 bridgehead atoms. The molecule has 0 saturated carbocycles. The Morgan fingerprint density at radius 1 is 1.17 bits per heavy atom. The number of hydrogen-bond donors (Lipinski definition) is 1. The van der Waals surface area contributed by atoms with Crippen LogP contribution in [0, 0.1) is 0 Å². The molecule has 3 rings (SSSR count). The number of methoxy groups -OCH3 is 1. The third kappa shape index (κ3) is 5.35. The third-order valence-corrected chi connectivity index (χ3v) is 5.73. The zero-order valence-corrected chi connectivity index (χ0v) is 17.6. The summed E-state index contributed by atoms with van der Waals surface area (Å²) >= 11 is 1.33. The first kappa shape index (κ1) is 20.9. The molecule has 0 aliphatic rings. The van der Waals surface area contributed by atoms with E-state index in [1.165, 1.54) is 17.3 Å². The Morgan fingerprint density at radius 2 is 1.90 bits per heavy atom. The van der Waals surface area contributed by atoms with Crippen molar-refractivity contribution in [3.05, 3.63) is 60.2 Å². The Hall–Kier alpha value is -2.87. The van der Waals surface area contributed by atoms with Crippen LogP contribution in [0.15, 0.2) is 59.8 Å². The van der Waals surface area contributed by atoms with Gasteiger partial charge in [-0.05, 0) is 53.6 Å². The molecule has 0 fully saturated rings. The van der Waals surface area contributed by atoms with Crippen molar-refractivity contribution >= 4 is 17.7 Å². The molecule has 2 aromatic carbocycles. The number of benzene rings is 2. The number of rotatable bonds is 9. The number of carbonyl (C=O) groups excluding carboxylic acids is 1. The summed E-state index contributed by atoms with van der Waals surface area (Å²) in [6, 6.07) is 17.7. The Morgan fingerprint density at radius 3 is 2.55 bits per heavy atom. The monoisotopic (exact) mass is 411 g/mol. The molecule has 1 aromatic heterocycles. The maximum atomic E-state index is 12.6. The quantitative estimate of drug-likeness (QED) is 0.543. The molecule has 0 aliphatic heterocycles. The number of hydrogen-bond acceptors (Lipinski definition) is 6. The maximum absolute atomic E-state index is 12.6. The summed E-state index contributed by atoms with van der Waals surface area (Å²) in [7, 11) is 1.62. The third-order valence-electron chi connectivity index (χ3n) is 4.70. The topological polar surface area (TPSA) is 81.9 Å². The lowest BCUT2D eigenvalue weighted by molar-refractivity contribution is -0.120. The van der Waals surface area contributed by atoms with E-state index >= 15 is 0 Å². The highest BCUT2D eigenvalue weighted by Gasteiger charge is 2.20. The van der Waals surface area contributed by atoms with Gasteiger partial charge in [0.05, 0.1) is 18.0 Å². The van der Waals surface area contributed by atoms with Crippen LogP contribution in [0.2, 0.25) is 0 Å². The van der Waals surface area contributed by atoms with Gasteiger partial charge in [-0.25, -0.2) is 0 Å². The standard InChI is InChI=1S/C21H25N5O2S/c1-4-16(17-8-6-5-7-9-17)14-22-20(27)15(2)29-21-23-24-25-26(21)18-10-12-19(28-3)13-11-18/h5-13,15-16H,4,14H2,1-3H3,(H,22,27)/t15-,16-/m1/s1. The molecule has 1 heterocycles. The summed E-state index contributed by atoms with van der Waals surface area (Å²) in [6.07, 6.45) is 0.960. The van der Waals surface area contributed by atoms with Gasteiger partial charge in [-0.1, -0.05) is 49.0 Å². The SMILES string of the molecule is CC[C@H](CNC(=O)[C@@H](C)Sc1nnnn1-c1ccc(OC)cc1)c1ccccc1. The fraction of sp³-hybridized carbons (Fsp3) is 0.333. The molecular formula is C21H25N5O2S. The van der Waals surface area contributed by atoms with Crippen molar-refractivity contribution in [2.45, 2.75) is 36.6 Å². The molecule has 1 N–H and O–H groups in total. The molecule has 8 heteroatoms. The number of thioether (sulfide) groups is 1. The number of nitrogens with one attached hydrogen (secondary N) is 1. The van der Waals surface area contributed by atoms with Crippen LogP contribution >= 0.6 is 11.8 Å². The molecule has 3 aromatic rings. The molecule has 2 atom stereocenters. The van der Waals surface area contributed by atoms with Crippen LogP contribution in [0.4, 0.5) is 0 Å². The highest BCUT2D eigenvalue weighted by molar-refractivity contribution is 8.00. The summed E-state index contributed by atoms with van der Waals surface area (Å²) in [5.74, 6) is 1.02. The predicted molar refractivity (Wildman–Crippen MR) is 114 cm³/mol. The average Bonchev–Trinajstić information content (AvgIpc) is 3.22. The minimum atomic E-state index is -0.328. The molecule has 0 radical (unpaired) electrons. The molecule has 152 valence electrons. The predicted octanol–water partition coefficient (Wildman–Crippen LogP) is 3.46. The van der Waals surface area contributed by atoms with E-state index in [2.05, 4.69) is 39.9 Å². The minimum absolute atomic E-state index is 0.0336. The summed E-state index contributed by atoms with van der Waals surface area (Å²) in [5, 5.41) is 15.2. The van der Waals surface area contributed by atoms with Crippen molar-refractivity contribution in [2.24, 2.45) is 0 Å². The van der Waals surface area contributed by atoms with E-state index in [0.717, 1.165) is 17.9 Å². The van der Waals surface area contributed by atoms with E-state index < -0.39 is 0 Å². The maximum Gasteiger partial charge on any atom is 0.233 e. The van der Waals surface area contributed by atoms with Crippen LogP contribution in [0.1, 0.15) is 31.7 Å². The van der Waals surface area contributed by atoms with Gasteiger partial charge >= 0.3 is 0 Å². The van der Waals surface area contributed by atoms with Crippen LogP contribution in [-0.4, -0.2) is 45.0 Å². The highest BCUT2D eigenvalue weighted by Crippen LogP contribution is 2.24. The molecule has 0 aliphatic carbocycles. The van der Waals surface area contributed by atoms with Crippen LogP contribution < -0.4 is 10.1 Å². The van der Waals surface area contributed by atoms with E-state index in [4.69, 9.17) is 4.74 Å². The van der Waals surface area contributed by atoms with Crippen molar-refractivity contribution in [3.63, 3.8) is 0 Å². The van der Waals surface area contributed by atoms with E-state index in [-0.39, 0.29) is 11.2 Å². The van der Waals surface area contributed by atoms with E-state index in [9.17, 15) is 4.79 Å². The van der Waals surface area contributed by atoms with Crippen LogP contribution in [0.25, 0.3) is 5.69 Å². The van der Waals surface area contributed by atoms with E-state index in [0.29, 0.717) is 17.6 Å². The van der Waals surface area contributed by atoms with Crippen molar-refractivity contribution in [3.8, 4) is 11.4 Å². The van der Waals surface area contributed by atoms with Gasteiger partial charge in [0.15, 0.2) is 0 Å². The molecule has 1 amide bonds. The van der Waals surface area contributed by atoms with Gasteiger partial charge in [-0.15, -0.1) is 5.10 Å². The molecule has 0 spiro atoms. The molecule has 0 saturated heterocycles. The summed E-state index contributed by atoms with van der Waals surface area (Å²) in [6.45, 7) is 4.59. The normalized spacial score (nSPS) is 12.9. The minimum Gasteiger partial charge on any atom is -0.497 e. The van der Waals surface area contributed by atoms with Crippen LogP contribution in [-0.2, 0) is 4.79 Å². The average molecular weight is 412 g/mol. The summed E-state index contributed by atoms with van der Waals surface area (Å²) < 4.78 is 6.80. The Bertz CT molecular complexity index is 914. The van der Waals surface area contributed by atoms with Gasteiger partial charge in [0.25, 0.3) is 0 Å². The van der Waals surface area contributed by atoms with Crippen LogP contribution in [0.5, 0.6) is 5.75 Å². The Labute approximate surface area is 174 Å². The Kier molecular flexibility index (Phi) is 7.24. The molecule has 29 heavy (non-hydrogen) atoms. The largest absolute Gasteiger partial charge is 0.497 e. The number of aromatic nitrogens is 4. The lowest BCUT2D eigenvalue weighted by Gasteiger charge is -2.18. The summed E-state index contributed by atoms with van der Waals surface area (Å²) in [5.41, 5.74) is 2.04. The van der Waals surface area contributed by atoms with E-state index in [1.54, 1.807) is 11.8 Å². The first-order valence-electron chi connectivity index (χ1n) is 9.54. The highest BCUT2D eigenvalue weighted by atomic mass is 32.2. The van der Waals surface area contributed by atoms with Gasteiger partial charge in [0, 0.05) is 12.5 Å². The van der Waals surface area contributed by atoms with Crippen molar-refractivity contribution in [2.75, 3.05) is 13.7 Å². The number of ether oxygens (including phenoxy) is 1. The second-order valence-electron chi connectivity index (χ2n) is 6.59. The van der Waals surface area contributed by atoms with Crippen molar-refractivity contribution in [1.29, 1.82) is 0 Å². The van der Waals surface area contributed by atoms with Gasteiger partial charge < -0.3 is 10.1 Å². The lowest BCUT2D eigenvalue weighted by Crippen LogP contribution is -2.34. The van der Waals surface area contributed by atoms with Crippen molar-refractivity contribution < 1.29 is 9.53 Å². The van der Waals surface area contributed by atoms with Gasteiger partial charge in [0.1, 0.15) is 5.75 Å². The Balaban J connectivity index is 1.61. The fourth-order valence-electron chi connectivity index (χ4n) is 2.94. The van der Waals surface area contributed by atoms with Gasteiger partial charge in [-0.3, -0.25) is 4.79 Å². The smallest absolute Gasteiger partial charge is 0.233 e. The van der Waals surface area contributed by atoms with Crippen molar-refractivity contribution in [1.82, 2.24) is 25.5 Å². The zero-order chi connectivity index (χ0) is 20.6. The second kappa shape index (κ2) is 10.1. The first-order chi connectivity index (χ1) is 14.1. The number of amides is 1. The van der Waals surface area contributed by atoms with Crippen LogP contribution in [0.3, 0.4) is 0 Å². The second-order valence-corrected chi connectivity index (χ2v) is 7.90. The lowest BCUT2D eigenvalue weighted by atomic mass is 9.96. The summed E-state index contributed by atoms with van der Waals surface area (Å²) in [4.78, 5) is 12.6.